The zero-order valence-electron chi connectivity index (χ0n) is 25.0. The van der Waals surface area contributed by atoms with Gasteiger partial charge in [-0.05, 0) is 56.2 Å². The summed E-state index contributed by atoms with van der Waals surface area (Å²) in [5.74, 6) is -1.64. The molecule has 3 rings (SSSR count). The van der Waals surface area contributed by atoms with E-state index in [0.29, 0.717) is 30.0 Å². The van der Waals surface area contributed by atoms with Gasteiger partial charge in [0.1, 0.15) is 6.04 Å². The Kier molecular flexibility index (Phi) is 12.7. The second-order valence-electron chi connectivity index (χ2n) is 10.4. The van der Waals surface area contributed by atoms with Crippen LogP contribution < -0.4 is 4.90 Å². The zero-order chi connectivity index (χ0) is 30.5. The number of aliphatic carboxylic acids is 1. The van der Waals surface area contributed by atoms with Crippen LogP contribution in [-0.2, 0) is 9.53 Å². The van der Waals surface area contributed by atoms with Crippen LogP contribution in [0.3, 0.4) is 0 Å². The van der Waals surface area contributed by atoms with Crippen molar-refractivity contribution in [3.05, 3.63) is 60.2 Å². The summed E-state index contributed by atoms with van der Waals surface area (Å²) in [4.78, 5) is 58.4. The first kappa shape index (κ1) is 32.4. The molecule has 0 aliphatic carbocycles. The Labute approximate surface area is 248 Å². The minimum atomic E-state index is -1.21. The van der Waals surface area contributed by atoms with Crippen LogP contribution in [0.2, 0.25) is 0 Å². The number of unbranched alkanes of at least 4 members (excludes halogenated alkanes) is 4. The van der Waals surface area contributed by atoms with Crippen LogP contribution >= 0.6 is 0 Å². The van der Waals surface area contributed by atoms with Gasteiger partial charge in [0, 0.05) is 26.2 Å². The van der Waals surface area contributed by atoms with E-state index in [1.54, 1.807) is 60.4 Å². The van der Waals surface area contributed by atoms with Crippen molar-refractivity contribution in [2.24, 2.45) is 0 Å². The molecule has 0 radical (unpaired) electrons. The van der Waals surface area contributed by atoms with Crippen molar-refractivity contribution in [3.8, 4) is 0 Å². The number of para-hydroxylation sites is 1. The van der Waals surface area contributed by atoms with E-state index in [4.69, 9.17) is 4.74 Å². The van der Waals surface area contributed by atoms with Crippen LogP contribution in [0, 0.1) is 0 Å². The summed E-state index contributed by atoms with van der Waals surface area (Å²) in [5.41, 5.74) is 1.37. The highest BCUT2D eigenvalue weighted by Gasteiger charge is 2.40. The molecule has 1 heterocycles. The lowest BCUT2D eigenvalue weighted by atomic mass is 10.1. The summed E-state index contributed by atoms with van der Waals surface area (Å²) in [7, 11) is 0. The fourth-order valence-corrected chi connectivity index (χ4v) is 5.04. The van der Waals surface area contributed by atoms with Gasteiger partial charge in [0.05, 0.1) is 30.1 Å². The first-order valence-electron chi connectivity index (χ1n) is 15.0. The van der Waals surface area contributed by atoms with Gasteiger partial charge in [-0.3, -0.25) is 4.90 Å². The molecular formula is C32H44N4O6. The number of carboxylic acid groups (broad SMARTS) is 1. The van der Waals surface area contributed by atoms with Crippen molar-refractivity contribution in [3.63, 3.8) is 0 Å². The third-order valence-corrected chi connectivity index (χ3v) is 7.36. The normalized spacial score (nSPS) is 14.8. The van der Waals surface area contributed by atoms with Crippen LogP contribution in [0.4, 0.5) is 21.0 Å². The molecule has 1 aliphatic heterocycles. The van der Waals surface area contributed by atoms with Gasteiger partial charge in [-0.15, -0.1) is 0 Å². The van der Waals surface area contributed by atoms with E-state index in [1.807, 2.05) is 11.0 Å². The number of anilines is 2. The number of piperazine rings is 1. The first-order chi connectivity index (χ1) is 20.3. The van der Waals surface area contributed by atoms with Crippen molar-refractivity contribution < 1.29 is 29.0 Å². The Balaban J connectivity index is 1.84. The maximum atomic E-state index is 14.1. The quantitative estimate of drug-likeness (QED) is 0.230. The number of carbonyl (C=O) groups excluding carboxylic acids is 3. The molecule has 0 saturated carbocycles. The molecule has 4 amide bonds. The molecule has 0 bridgehead atoms. The molecule has 1 fully saturated rings. The third kappa shape index (κ3) is 8.47. The van der Waals surface area contributed by atoms with E-state index in [2.05, 4.69) is 13.8 Å². The maximum Gasteiger partial charge on any atom is 0.338 e. The molecular weight excluding hydrogens is 536 g/mol. The smallest absolute Gasteiger partial charge is 0.338 e. The summed E-state index contributed by atoms with van der Waals surface area (Å²) in [6, 6.07) is 13.5. The summed E-state index contributed by atoms with van der Waals surface area (Å²) in [6.07, 6.45) is 5.93. The van der Waals surface area contributed by atoms with E-state index in [-0.39, 0.29) is 32.3 Å². The Hall–Kier alpha value is -4.08. The molecule has 42 heavy (non-hydrogen) atoms. The summed E-state index contributed by atoms with van der Waals surface area (Å²) >= 11 is 0. The van der Waals surface area contributed by atoms with Gasteiger partial charge < -0.3 is 24.5 Å². The fourth-order valence-electron chi connectivity index (χ4n) is 5.04. The van der Waals surface area contributed by atoms with Gasteiger partial charge in [-0.1, -0.05) is 57.7 Å². The van der Waals surface area contributed by atoms with Gasteiger partial charge in [-0.25, -0.2) is 19.2 Å². The first-order valence-corrected chi connectivity index (χ1v) is 15.0. The number of hydrogen-bond acceptors (Lipinski definition) is 5. The average molecular weight is 581 g/mol. The second kappa shape index (κ2) is 16.4. The number of nitrogens with zero attached hydrogens (tertiary/aromatic N) is 4. The monoisotopic (exact) mass is 580 g/mol. The Morgan fingerprint density at radius 1 is 0.810 bits per heavy atom. The van der Waals surface area contributed by atoms with Gasteiger partial charge in [0.15, 0.2) is 0 Å². The number of carbonyl (C=O) groups is 4. The maximum absolute atomic E-state index is 14.1. The number of urea groups is 2. The number of ether oxygens (including phenoxy) is 1. The highest BCUT2D eigenvalue weighted by Crippen LogP contribution is 2.29. The highest BCUT2D eigenvalue weighted by molar-refractivity contribution is 6.01. The van der Waals surface area contributed by atoms with E-state index < -0.39 is 24.0 Å². The molecule has 1 N–H and O–H groups in total. The lowest BCUT2D eigenvalue weighted by Crippen LogP contribution is -2.62. The second-order valence-corrected chi connectivity index (χ2v) is 10.4. The Morgan fingerprint density at radius 3 is 1.95 bits per heavy atom. The van der Waals surface area contributed by atoms with E-state index in [1.165, 1.54) is 9.80 Å². The number of carboxylic acids is 1. The molecule has 10 heteroatoms. The Morgan fingerprint density at radius 2 is 1.40 bits per heavy atom. The number of rotatable bonds is 13. The lowest BCUT2D eigenvalue weighted by molar-refractivity contribution is -0.143. The van der Waals surface area contributed by atoms with Crippen LogP contribution in [0.5, 0.6) is 0 Å². The molecule has 2 aromatic carbocycles. The SMILES string of the molecule is CCCCCN(CCCCC)C(=O)N1CCN(C(=O)N(c2ccccc2)c2ccc(C(=O)OCC)cc2)[C@H](C(=O)O)C1. The fraction of sp³-hybridized carbons (Fsp3) is 0.500. The van der Waals surface area contributed by atoms with E-state index in [0.717, 1.165) is 38.5 Å². The molecule has 1 atom stereocenters. The lowest BCUT2D eigenvalue weighted by Gasteiger charge is -2.42. The molecule has 10 nitrogen and oxygen atoms in total. The van der Waals surface area contributed by atoms with E-state index >= 15 is 0 Å². The van der Waals surface area contributed by atoms with E-state index in [9.17, 15) is 24.3 Å². The molecule has 228 valence electrons. The predicted molar refractivity (Wildman–Crippen MR) is 162 cm³/mol. The largest absolute Gasteiger partial charge is 0.480 e. The summed E-state index contributed by atoms with van der Waals surface area (Å²) in [6.45, 7) is 7.69. The van der Waals surface area contributed by atoms with Crippen molar-refractivity contribution in [1.29, 1.82) is 0 Å². The third-order valence-electron chi connectivity index (χ3n) is 7.36. The van der Waals surface area contributed by atoms with Crippen molar-refractivity contribution >= 4 is 35.4 Å². The van der Waals surface area contributed by atoms with Crippen LogP contribution in [0.15, 0.2) is 54.6 Å². The van der Waals surface area contributed by atoms with Gasteiger partial charge >= 0.3 is 24.0 Å². The number of esters is 1. The average Bonchev–Trinajstić information content (AvgIpc) is 3.01. The van der Waals surface area contributed by atoms with Crippen LogP contribution in [-0.4, -0.2) is 89.2 Å². The predicted octanol–water partition coefficient (Wildman–Crippen LogP) is 5.99. The van der Waals surface area contributed by atoms with Gasteiger partial charge in [0.25, 0.3) is 0 Å². The molecule has 1 saturated heterocycles. The molecule has 0 spiro atoms. The van der Waals surface area contributed by atoms with Gasteiger partial charge in [-0.2, -0.15) is 0 Å². The van der Waals surface area contributed by atoms with Crippen molar-refractivity contribution in [2.45, 2.75) is 65.3 Å². The topological polar surface area (TPSA) is 111 Å². The summed E-state index contributed by atoms with van der Waals surface area (Å²) in [5, 5.41) is 10.2. The molecule has 0 aromatic heterocycles. The molecule has 1 aliphatic rings. The minimum absolute atomic E-state index is 0.0730. The number of hydrogen-bond donors (Lipinski definition) is 1. The van der Waals surface area contributed by atoms with Crippen molar-refractivity contribution in [1.82, 2.24) is 14.7 Å². The molecule has 0 unspecified atom stereocenters. The zero-order valence-corrected chi connectivity index (χ0v) is 25.0. The minimum Gasteiger partial charge on any atom is -0.480 e. The summed E-state index contributed by atoms with van der Waals surface area (Å²) < 4.78 is 5.07. The van der Waals surface area contributed by atoms with Crippen LogP contribution in [0.25, 0.3) is 0 Å². The van der Waals surface area contributed by atoms with Crippen molar-refractivity contribution in [2.75, 3.05) is 44.2 Å². The highest BCUT2D eigenvalue weighted by atomic mass is 16.5. The standard InChI is InChI=1S/C32H44N4O6/c1-4-7-12-20-33(21-13-8-5-2)31(40)34-22-23-35(28(24-34)29(37)38)32(41)36(26-14-10-9-11-15-26)27-18-16-25(17-19-27)30(39)42-6-3/h9-11,14-19,28H,4-8,12-13,20-24H2,1-3H3,(H,37,38)/t28-/m0/s1. The molecule has 2 aromatic rings. The number of amides is 4. The number of benzene rings is 2. The Bertz CT molecular complexity index is 1160. The van der Waals surface area contributed by atoms with Crippen LogP contribution in [0.1, 0.15) is 69.7 Å². The van der Waals surface area contributed by atoms with Gasteiger partial charge in [0.2, 0.25) is 0 Å².